The summed E-state index contributed by atoms with van der Waals surface area (Å²) in [6, 6.07) is 0. The number of esters is 1. The van der Waals surface area contributed by atoms with Crippen LogP contribution in [0.3, 0.4) is 0 Å². The first-order chi connectivity index (χ1) is 15.4. The van der Waals surface area contributed by atoms with E-state index in [0.29, 0.717) is 29.8 Å². The van der Waals surface area contributed by atoms with Crippen molar-refractivity contribution in [3.63, 3.8) is 0 Å². The molecule has 4 aliphatic carbocycles. The van der Waals surface area contributed by atoms with E-state index in [2.05, 4.69) is 41.9 Å². The van der Waals surface area contributed by atoms with Gasteiger partial charge in [-0.3, -0.25) is 4.79 Å². The number of aliphatic hydroxyl groups is 1. The number of aliphatic hydroxyl groups excluding tert-OH is 1. The highest BCUT2D eigenvalue weighted by molar-refractivity contribution is 5.69. The van der Waals surface area contributed by atoms with Crippen LogP contribution in [0.25, 0.3) is 0 Å². The molecular weight excluding hydrogens is 410 g/mol. The van der Waals surface area contributed by atoms with Gasteiger partial charge in [-0.15, -0.1) is 0 Å². The molecule has 0 radical (unpaired) electrons. The Morgan fingerprint density at radius 1 is 1.00 bits per heavy atom. The molecule has 0 bridgehead atoms. The van der Waals surface area contributed by atoms with E-state index < -0.39 is 0 Å². The van der Waals surface area contributed by atoms with E-state index >= 15 is 0 Å². The third-order valence-electron chi connectivity index (χ3n) is 11.2. The Kier molecular flexibility index (Phi) is 7.30. The van der Waals surface area contributed by atoms with Crippen LogP contribution in [0.5, 0.6) is 0 Å². The number of fused-ring (bicyclic) bond motifs is 5. The summed E-state index contributed by atoms with van der Waals surface area (Å²) in [4.78, 5) is 12.3. The Bertz CT molecular complexity index is 701. The highest BCUT2D eigenvalue weighted by atomic mass is 16.5. The zero-order valence-electron chi connectivity index (χ0n) is 22.4. The molecule has 1 N–H and O–H groups in total. The standard InChI is InChI=1S/C29H52NO3/c1-20(7-12-27(32)33-18-17-30(4,5)6)24-10-11-25-23-9-8-21-19-22(31)13-15-28(21,2)26(23)14-16-29(24,25)3/h20-26,31H,7-19H2,1-6H3/q+1. The molecule has 4 rings (SSSR count). The van der Waals surface area contributed by atoms with Crippen LogP contribution in [-0.2, 0) is 9.53 Å². The van der Waals surface area contributed by atoms with E-state index in [1.54, 1.807) is 0 Å². The molecule has 0 aliphatic heterocycles. The first-order valence-electron chi connectivity index (χ1n) is 14.1. The Morgan fingerprint density at radius 2 is 1.70 bits per heavy atom. The van der Waals surface area contributed by atoms with E-state index in [-0.39, 0.29) is 12.1 Å². The topological polar surface area (TPSA) is 46.5 Å². The maximum atomic E-state index is 12.3. The van der Waals surface area contributed by atoms with Gasteiger partial charge in [-0.05, 0) is 111 Å². The van der Waals surface area contributed by atoms with E-state index in [1.807, 2.05) is 0 Å². The van der Waals surface area contributed by atoms with Crippen LogP contribution in [0.4, 0.5) is 0 Å². The number of rotatable bonds is 7. The molecule has 9 unspecified atom stereocenters. The summed E-state index contributed by atoms with van der Waals surface area (Å²) >= 11 is 0. The molecule has 0 aromatic heterocycles. The van der Waals surface area contributed by atoms with E-state index in [1.165, 1.54) is 44.9 Å². The summed E-state index contributed by atoms with van der Waals surface area (Å²) in [5, 5.41) is 10.3. The van der Waals surface area contributed by atoms with Crippen LogP contribution >= 0.6 is 0 Å². The maximum Gasteiger partial charge on any atom is 0.306 e. The second-order valence-corrected chi connectivity index (χ2v) is 14.1. The lowest BCUT2D eigenvalue weighted by Gasteiger charge is -2.61. The summed E-state index contributed by atoms with van der Waals surface area (Å²) in [5.74, 6) is 4.70. The molecule has 4 heteroatoms. The highest BCUT2D eigenvalue weighted by Gasteiger charge is 2.60. The average Bonchev–Trinajstić information content (AvgIpc) is 3.09. The number of nitrogens with zero attached hydrogens (tertiary/aromatic N) is 1. The molecule has 4 saturated carbocycles. The first-order valence-corrected chi connectivity index (χ1v) is 14.1. The molecule has 9 atom stereocenters. The minimum atomic E-state index is -0.0515. The van der Waals surface area contributed by atoms with Gasteiger partial charge in [-0.25, -0.2) is 0 Å². The molecule has 0 aromatic rings. The van der Waals surface area contributed by atoms with Crippen LogP contribution in [0.2, 0.25) is 0 Å². The predicted octanol–water partition coefficient (Wildman–Crippen LogP) is 5.67. The van der Waals surface area contributed by atoms with E-state index in [0.717, 1.165) is 59.9 Å². The van der Waals surface area contributed by atoms with Crippen molar-refractivity contribution >= 4 is 5.97 Å². The fourth-order valence-corrected chi connectivity index (χ4v) is 9.26. The van der Waals surface area contributed by atoms with Gasteiger partial charge in [0.1, 0.15) is 13.2 Å². The van der Waals surface area contributed by atoms with Crippen molar-refractivity contribution in [1.29, 1.82) is 0 Å². The minimum absolute atomic E-state index is 0.00978. The largest absolute Gasteiger partial charge is 0.460 e. The molecule has 0 saturated heterocycles. The van der Waals surface area contributed by atoms with Gasteiger partial charge in [0.2, 0.25) is 0 Å². The Morgan fingerprint density at radius 3 is 2.42 bits per heavy atom. The highest BCUT2D eigenvalue weighted by Crippen LogP contribution is 2.68. The molecule has 0 heterocycles. The SMILES string of the molecule is CC(CCC(=O)OCC[N+](C)(C)C)C1CCC2C3CCC4CC(O)CCC4(C)C3CCC12C. The Balaban J connectivity index is 1.34. The molecule has 4 nitrogen and oxygen atoms in total. The number of carbonyl (C=O) groups is 1. The van der Waals surface area contributed by atoms with Gasteiger partial charge < -0.3 is 14.3 Å². The van der Waals surface area contributed by atoms with Crippen molar-refractivity contribution in [3.05, 3.63) is 0 Å². The van der Waals surface area contributed by atoms with Gasteiger partial charge >= 0.3 is 5.97 Å². The number of ether oxygens (including phenoxy) is 1. The Labute approximate surface area is 203 Å². The third-order valence-corrected chi connectivity index (χ3v) is 11.2. The number of likely N-dealkylation sites (N-methyl/N-ethyl adjacent to an activating group) is 1. The van der Waals surface area contributed by atoms with E-state index in [4.69, 9.17) is 4.74 Å². The van der Waals surface area contributed by atoms with E-state index in [9.17, 15) is 9.90 Å². The van der Waals surface area contributed by atoms with Crippen LogP contribution in [0, 0.1) is 46.3 Å². The van der Waals surface area contributed by atoms with Crippen molar-refractivity contribution in [1.82, 2.24) is 0 Å². The summed E-state index contributed by atoms with van der Waals surface area (Å²) in [6.45, 7) is 9.00. The molecule has 4 fully saturated rings. The quantitative estimate of drug-likeness (QED) is 0.391. The lowest BCUT2D eigenvalue weighted by molar-refractivity contribution is -0.870. The predicted molar refractivity (Wildman–Crippen MR) is 133 cm³/mol. The van der Waals surface area contributed by atoms with Crippen molar-refractivity contribution in [2.24, 2.45) is 46.3 Å². The van der Waals surface area contributed by atoms with Crippen molar-refractivity contribution < 1.29 is 19.1 Å². The molecule has 0 amide bonds. The zero-order chi connectivity index (χ0) is 24.0. The lowest BCUT2D eigenvalue weighted by atomic mass is 9.44. The van der Waals surface area contributed by atoms with Crippen LogP contribution in [0.1, 0.15) is 91.4 Å². The summed E-state index contributed by atoms with van der Waals surface area (Å²) in [7, 11) is 6.39. The van der Waals surface area contributed by atoms with Gasteiger partial charge in [0.15, 0.2) is 0 Å². The molecule has 33 heavy (non-hydrogen) atoms. The number of hydrogen-bond acceptors (Lipinski definition) is 3. The smallest absolute Gasteiger partial charge is 0.306 e. The lowest BCUT2D eigenvalue weighted by Crippen LogP contribution is -2.54. The van der Waals surface area contributed by atoms with Gasteiger partial charge in [-0.1, -0.05) is 20.8 Å². The average molecular weight is 463 g/mol. The molecule has 4 aliphatic rings. The fraction of sp³-hybridized carbons (Fsp3) is 0.966. The van der Waals surface area contributed by atoms with Crippen LogP contribution < -0.4 is 0 Å². The molecule has 0 aromatic carbocycles. The molecule has 190 valence electrons. The zero-order valence-corrected chi connectivity index (χ0v) is 22.4. The fourth-order valence-electron chi connectivity index (χ4n) is 9.26. The number of carbonyl (C=O) groups excluding carboxylic acids is 1. The second kappa shape index (κ2) is 9.45. The monoisotopic (exact) mass is 462 g/mol. The van der Waals surface area contributed by atoms with Gasteiger partial charge in [0.25, 0.3) is 0 Å². The van der Waals surface area contributed by atoms with Gasteiger partial charge in [0, 0.05) is 6.42 Å². The molecule has 0 spiro atoms. The van der Waals surface area contributed by atoms with Crippen LogP contribution in [-0.4, -0.2) is 56.0 Å². The summed E-state index contributed by atoms with van der Waals surface area (Å²) in [6.07, 6.45) is 13.0. The number of hydrogen-bond donors (Lipinski definition) is 1. The molecular formula is C29H52NO3+. The first kappa shape index (κ1) is 25.5. The van der Waals surface area contributed by atoms with Gasteiger partial charge in [0.05, 0.1) is 27.2 Å². The summed E-state index contributed by atoms with van der Waals surface area (Å²) < 4.78 is 6.36. The Hall–Kier alpha value is -0.610. The maximum absolute atomic E-state index is 12.3. The summed E-state index contributed by atoms with van der Waals surface area (Å²) in [5.41, 5.74) is 0.911. The van der Waals surface area contributed by atoms with Crippen LogP contribution in [0.15, 0.2) is 0 Å². The third kappa shape index (κ3) is 5.03. The number of quaternary nitrogens is 1. The van der Waals surface area contributed by atoms with Crippen molar-refractivity contribution in [3.8, 4) is 0 Å². The second-order valence-electron chi connectivity index (χ2n) is 14.1. The van der Waals surface area contributed by atoms with Crippen molar-refractivity contribution in [2.45, 2.75) is 97.5 Å². The van der Waals surface area contributed by atoms with Crippen molar-refractivity contribution in [2.75, 3.05) is 34.3 Å². The minimum Gasteiger partial charge on any atom is -0.460 e. The normalized spacial score (nSPS) is 43.8. The van der Waals surface area contributed by atoms with Gasteiger partial charge in [-0.2, -0.15) is 0 Å².